The van der Waals surface area contributed by atoms with E-state index in [1.165, 1.54) is 35.7 Å². The van der Waals surface area contributed by atoms with E-state index in [1.807, 2.05) is 4.90 Å². The molecule has 2 heterocycles. The van der Waals surface area contributed by atoms with Crippen LogP contribution in [0.5, 0.6) is 0 Å². The third kappa shape index (κ3) is 5.44. The van der Waals surface area contributed by atoms with Crippen molar-refractivity contribution >= 4 is 27.5 Å². The number of hydrogen-bond acceptors (Lipinski definition) is 4. The highest BCUT2D eigenvalue weighted by atomic mass is 35.5. The third-order valence-corrected chi connectivity index (χ3v) is 7.52. The van der Waals surface area contributed by atoms with E-state index in [0.717, 1.165) is 25.9 Å². The number of hydrogen-bond donors (Lipinski definition) is 0. The number of rotatable bonds is 4. The van der Waals surface area contributed by atoms with Crippen molar-refractivity contribution in [3.8, 4) is 0 Å². The minimum Gasteiger partial charge on any atom is -0.342 e. The van der Waals surface area contributed by atoms with Crippen molar-refractivity contribution in [3.05, 3.63) is 29.3 Å². The summed E-state index contributed by atoms with van der Waals surface area (Å²) in [5.74, 6) is 0.172. The summed E-state index contributed by atoms with van der Waals surface area (Å²) < 4.78 is 27.0. The number of piperazine rings is 1. The summed E-state index contributed by atoms with van der Waals surface area (Å²) in [5, 5.41) is 0.515. The number of likely N-dealkylation sites (tertiary alicyclic amines) is 1. The molecule has 1 aromatic carbocycles. The first kappa shape index (κ1) is 20.6. The average molecular weight is 414 g/mol. The molecule has 0 unspecified atom stereocenters. The van der Waals surface area contributed by atoms with Gasteiger partial charge in [0.05, 0.1) is 11.4 Å². The Labute approximate surface area is 167 Å². The van der Waals surface area contributed by atoms with Crippen LogP contribution in [0.4, 0.5) is 0 Å². The Kier molecular flexibility index (Phi) is 7.14. The highest BCUT2D eigenvalue weighted by Gasteiger charge is 2.29. The quantitative estimate of drug-likeness (QED) is 0.760. The van der Waals surface area contributed by atoms with Gasteiger partial charge >= 0.3 is 0 Å². The molecule has 6 nitrogen and oxygen atoms in total. The Morgan fingerprint density at radius 2 is 1.41 bits per heavy atom. The second kappa shape index (κ2) is 9.37. The van der Waals surface area contributed by atoms with Crippen LogP contribution < -0.4 is 0 Å². The van der Waals surface area contributed by atoms with Crippen LogP contribution in [-0.4, -0.2) is 74.2 Å². The van der Waals surface area contributed by atoms with Gasteiger partial charge in [-0.3, -0.25) is 9.69 Å². The van der Waals surface area contributed by atoms with E-state index in [1.54, 1.807) is 12.1 Å². The van der Waals surface area contributed by atoms with Crippen molar-refractivity contribution in [2.45, 2.75) is 37.0 Å². The molecule has 0 saturated carbocycles. The first-order valence-electron chi connectivity index (χ1n) is 9.73. The summed E-state index contributed by atoms with van der Waals surface area (Å²) in [4.78, 5) is 16.9. The van der Waals surface area contributed by atoms with Gasteiger partial charge in [0, 0.05) is 44.3 Å². The lowest BCUT2D eigenvalue weighted by Gasteiger charge is -2.35. The Balaban J connectivity index is 1.52. The SMILES string of the molecule is O=C(CN1CCN(S(=O)(=O)c2ccc(Cl)cc2)CC1)N1CCCCCCC1. The Morgan fingerprint density at radius 1 is 0.852 bits per heavy atom. The highest BCUT2D eigenvalue weighted by Crippen LogP contribution is 2.20. The van der Waals surface area contributed by atoms with Crippen LogP contribution in [0, 0.1) is 0 Å². The normalized spacial score (nSPS) is 20.9. The van der Waals surface area contributed by atoms with Crippen LogP contribution in [-0.2, 0) is 14.8 Å². The maximum absolute atomic E-state index is 12.7. The Morgan fingerprint density at radius 3 is 2.00 bits per heavy atom. The van der Waals surface area contributed by atoms with Gasteiger partial charge in [0.1, 0.15) is 0 Å². The molecule has 2 fully saturated rings. The lowest BCUT2D eigenvalue weighted by atomic mass is 10.1. The predicted molar refractivity (Wildman–Crippen MR) is 106 cm³/mol. The topological polar surface area (TPSA) is 60.9 Å². The van der Waals surface area contributed by atoms with E-state index in [4.69, 9.17) is 11.6 Å². The fourth-order valence-electron chi connectivity index (χ4n) is 3.67. The van der Waals surface area contributed by atoms with Crippen LogP contribution in [0.3, 0.4) is 0 Å². The first-order valence-corrected chi connectivity index (χ1v) is 11.5. The Hall–Kier alpha value is -1.15. The molecule has 1 aromatic rings. The van der Waals surface area contributed by atoms with Gasteiger partial charge in [-0.1, -0.05) is 30.9 Å². The molecule has 0 bridgehead atoms. The van der Waals surface area contributed by atoms with Crippen LogP contribution in [0.1, 0.15) is 32.1 Å². The summed E-state index contributed by atoms with van der Waals surface area (Å²) in [7, 11) is -3.51. The lowest BCUT2D eigenvalue weighted by Crippen LogP contribution is -2.51. The molecule has 0 N–H and O–H groups in total. The zero-order valence-electron chi connectivity index (χ0n) is 15.6. The molecule has 150 valence electrons. The van der Waals surface area contributed by atoms with Crippen LogP contribution in [0.2, 0.25) is 5.02 Å². The second-order valence-corrected chi connectivity index (χ2v) is 9.66. The minimum atomic E-state index is -3.51. The van der Waals surface area contributed by atoms with Gasteiger partial charge in [0.15, 0.2) is 0 Å². The maximum Gasteiger partial charge on any atom is 0.243 e. The van der Waals surface area contributed by atoms with Gasteiger partial charge in [-0.2, -0.15) is 4.31 Å². The molecular formula is C19H28ClN3O3S. The number of benzene rings is 1. The van der Waals surface area contributed by atoms with Gasteiger partial charge in [0.25, 0.3) is 0 Å². The number of sulfonamides is 1. The molecule has 0 aromatic heterocycles. The van der Waals surface area contributed by atoms with Crippen molar-refractivity contribution < 1.29 is 13.2 Å². The minimum absolute atomic E-state index is 0.172. The number of carbonyl (C=O) groups excluding carboxylic acids is 1. The van der Waals surface area contributed by atoms with E-state index in [9.17, 15) is 13.2 Å². The van der Waals surface area contributed by atoms with E-state index in [0.29, 0.717) is 37.7 Å². The van der Waals surface area contributed by atoms with Gasteiger partial charge in [-0.25, -0.2) is 8.42 Å². The maximum atomic E-state index is 12.7. The molecule has 2 saturated heterocycles. The summed E-state index contributed by atoms with van der Waals surface area (Å²) >= 11 is 5.85. The van der Waals surface area contributed by atoms with Crippen LogP contribution >= 0.6 is 11.6 Å². The fraction of sp³-hybridized carbons (Fsp3) is 0.632. The van der Waals surface area contributed by atoms with Crippen LogP contribution in [0.25, 0.3) is 0 Å². The molecule has 1 amide bonds. The lowest BCUT2D eigenvalue weighted by molar-refractivity contribution is -0.133. The Bertz CT molecular complexity index is 723. The molecule has 0 aliphatic carbocycles. The molecule has 27 heavy (non-hydrogen) atoms. The number of nitrogens with zero attached hydrogens (tertiary/aromatic N) is 3. The molecule has 8 heteroatoms. The standard InChI is InChI=1S/C19H28ClN3O3S/c20-17-6-8-18(9-7-17)27(25,26)23-14-12-21(13-15-23)16-19(24)22-10-4-2-1-3-5-11-22/h6-9H,1-5,10-16H2. The number of carbonyl (C=O) groups is 1. The largest absolute Gasteiger partial charge is 0.342 e. The second-order valence-electron chi connectivity index (χ2n) is 7.28. The molecule has 0 radical (unpaired) electrons. The predicted octanol–water partition coefficient (Wildman–Crippen LogP) is 2.44. The molecule has 2 aliphatic heterocycles. The molecular weight excluding hydrogens is 386 g/mol. The van der Waals surface area contributed by atoms with Gasteiger partial charge in [-0.05, 0) is 37.1 Å². The molecule has 0 atom stereocenters. The zero-order valence-corrected chi connectivity index (χ0v) is 17.2. The average Bonchev–Trinajstić information content (AvgIpc) is 2.62. The van der Waals surface area contributed by atoms with E-state index < -0.39 is 10.0 Å². The van der Waals surface area contributed by atoms with Crippen molar-refractivity contribution in [2.75, 3.05) is 45.8 Å². The van der Waals surface area contributed by atoms with Crippen molar-refractivity contribution in [2.24, 2.45) is 0 Å². The smallest absolute Gasteiger partial charge is 0.243 e. The van der Waals surface area contributed by atoms with E-state index in [2.05, 4.69) is 4.90 Å². The third-order valence-electron chi connectivity index (χ3n) is 5.35. The van der Waals surface area contributed by atoms with E-state index >= 15 is 0 Å². The zero-order chi connectivity index (χ0) is 19.3. The molecule has 0 spiro atoms. The molecule has 3 rings (SSSR count). The number of halogens is 1. The van der Waals surface area contributed by atoms with Gasteiger partial charge < -0.3 is 4.90 Å². The van der Waals surface area contributed by atoms with Crippen molar-refractivity contribution in [1.82, 2.24) is 14.1 Å². The monoisotopic (exact) mass is 413 g/mol. The van der Waals surface area contributed by atoms with Crippen molar-refractivity contribution in [1.29, 1.82) is 0 Å². The van der Waals surface area contributed by atoms with Crippen LogP contribution in [0.15, 0.2) is 29.2 Å². The van der Waals surface area contributed by atoms with Gasteiger partial charge in [-0.15, -0.1) is 0 Å². The fourth-order valence-corrected chi connectivity index (χ4v) is 5.22. The summed E-state index contributed by atoms with van der Waals surface area (Å²) in [6.45, 7) is 4.04. The van der Waals surface area contributed by atoms with E-state index in [-0.39, 0.29) is 10.8 Å². The first-order chi connectivity index (χ1) is 13.0. The van der Waals surface area contributed by atoms with Gasteiger partial charge in [0.2, 0.25) is 15.9 Å². The number of amides is 1. The summed E-state index contributed by atoms with van der Waals surface area (Å²) in [6, 6.07) is 6.25. The summed E-state index contributed by atoms with van der Waals surface area (Å²) in [5.41, 5.74) is 0. The summed E-state index contributed by atoms with van der Waals surface area (Å²) in [6.07, 6.45) is 5.83. The molecule has 2 aliphatic rings. The van der Waals surface area contributed by atoms with Crippen molar-refractivity contribution in [3.63, 3.8) is 0 Å². The highest BCUT2D eigenvalue weighted by molar-refractivity contribution is 7.89.